The molecule has 2 rings (SSSR count). The molecule has 1 unspecified atom stereocenters. The minimum absolute atomic E-state index is 0.135. The van der Waals surface area contributed by atoms with Crippen molar-refractivity contribution < 1.29 is 9.13 Å². The zero-order valence-electron chi connectivity index (χ0n) is 12.5. The molecule has 1 aromatic carbocycles. The lowest BCUT2D eigenvalue weighted by molar-refractivity contribution is 0.152. The van der Waals surface area contributed by atoms with Gasteiger partial charge in [0.15, 0.2) is 0 Å². The molecule has 1 N–H and O–H groups in total. The van der Waals surface area contributed by atoms with Gasteiger partial charge in [0.25, 0.3) is 0 Å². The predicted octanol–water partition coefficient (Wildman–Crippen LogP) is 2.67. The molecule has 0 radical (unpaired) electrons. The number of nitrogens with one attached hydrogen (secondary N) is 1. The van der Waals surface area contributed by atoms with Crippen LogP contribution in [0.25, 0.3) is 0 Å². The first kappa shape index (κ1) is 15.3. The average molecular weight is 280 g/mol. The third kappa shape index (κ3) is 3.93. The highest BCUT2D eigenvalue weighted by Crippen LogP contribution is 2.30. The summed E-state index contributed by atoms with van der Waals surface area (Å²) in [5.74, 6) is -0.185. The lowest BCUT2D eigenvalue weighted by atomic mass is 9.86. The SMILES string of the molecule is CCCNCC1(CN(C)c2cccc(F)c2)CCOC1. The van der Waals surface area contributed by atoms with Gasteiger partial charge in [0, 0.05) is 37.8 Å². The largest absolute Gasteiger partial charge is 0.381 e. The summed E-state index contributed by atoms with van der Waals surface area (Å²) in [6, 6.07) is 6.78. The smallest absolute Gasteiger partial charge is 0.125 e. The van der Waals surface area contributed by atoms with Gasteiger partial charge in [-0.05, 0) is 37.6 Å². The molecule has 1 aliphatic rings. The monoisotopic (exact) mass is 280 g/mol. The van der Waals surface area contributed by atoms with E-state index in [2.05, 4.69) is 17.1 Å². The fourth-order valence-corrected chi connectivity index (χ4v) is 2.81. The van der Waals surface area contributed by atoms with E-state index in [0.717, 1.165) is 51.4 Å². The van der Waals surface area contributed by atoms with E-state index in [0.29, 0.717) is 0 Å². The Labute approximate surface area is 121 Å². The lowest BCUT2D eigenvalue weighted by Gasteiger charge is -2.33. The number of benzene rings is 1. The maximum absolute atomic E-state index is 13.3. The van der Waals surface area contributed by atoms with Crippen molar-refractivity contribution in [3.8, 4) is 0 Å². The third-order valence-electron chi connectivity index (χ3n) is 3.93. The van der Waals surface area contributed by atoms with Crippen LogP contribution in [-0.2, 0) is 4.74 Å². The molecule has 1 fully saturated rings. The number of ether oxygens (including phenoxy) is 1. The van der Waals surface area contributed by atoms with Crippen LogP contribution >= 0.6 is 0 Å². The van der Waals surface area contributed by atoms with Gasteiger partial charge in [0.2, 0.25) is 0 Å². The molecule has 1 atom stereocenters. The van der Waals surface area contributed by atoms with Crippen molar-refractivity contribution >= 4 is 5.69 Å². The number of anilines is 1. The zero-order valence-corrected chi connectivity index (χ0v) is 12.5. The van der Waals surface area contributed by atoms with Gasteiger partial charge >= 0.3 is 0 Å². The molecule has 1 saturated heterocycles. The zero-order chi connectivity index (χ0) is 14.4. The van der Waals surface area contributed by atoms with E-state index in [4.69, 9.17) is 4.74 Å². The van der Waals surface area contributed by atoms with Crippen LogP contribution in [0, 0.1) is 11.2 Å². The van der Waals surface area contributed by atoms with Gasteiger partial charge < -0.3 is 15.0 Å². The molecule has 4 heteroatoms. The molecule has 0 aliphatic carbocycles. The van der Waals surface area contributed by atoms with Gasteiger partial charge in [0.1, 0.15) is 5.82 Å². The second-order valence-corrected chi connectivity index (χ2v) is 5.82. The third-order valence-corrected chi connectivity index (χ3v) is 3.93. The Balaban J connectivity index is 2.00. The van der Waals surface area contributed by atoms with E-state index in [1.54, 1.807) is 12.1 Å². The number of hydrogen-bond donors (Lipinski definition) is 1. The summed E-state index contributed by atoms with van der Waals surface area (Å²) in [5, 5.41) is 3.51. The Morgan fingerprint density at radius 3 is 2.95 bits per heavy atom. The maximum Gasteiger partial charge on any atom is 0.125 e. The molecule has 0 bridgehead atoms. The van der Waals surface area contributed by atoms with Gasteiger partial charge in [-0.25, -0.2) is 4.39 Å². The molecular formula is C16H25FN2O. The van der Waals surface area contributed by atoms with E-state index in [9.17, 15) is 4.39 Å². The van der Waals surface area contributed by atoms with E-state index in [-0.39, 0.29) is 11.2 Å². The Morgan fingerprint density at radius 1 is 1.45 bits per heavy atom. The molecule has 112 valence electrons. The average Bonchev–Trinajstić information content (AvgIpc) is 2.88. The Kier molecular flexibility index (Phi) is 5.38. The van der Waals surface area contributed by atoms with E-state index >= 15 is 0 Å². The van der Waals surface area contributed by atoms with Crippen molar-refractivity contribution in [2.75, 3.05) is 44.8 Å². The highest BCUT2D eigenvalue weighted by molar-refractivity contribution is 5.45. The molecular weight excluding hydrogens is 255 g/mol. The number of halogens is 1. The van der Waals surface area contributed by atoms with Crippen LogP contribution in [0.5, 0.6) is 0 Å². The minimum Gasteiger partial charge on any atom is -0.381 e. The first-order chi connectivity index (χ1) is 9.65. The molecule has 0 aromatic heterocycles. The van der Waals surface area contributed by atoms with Crippen LogP contribution in [0.4, 0.5) is 10.1 Å². The fraction of sp³-hybridized carbons (Fsp3) is 0.625. The van der Waals surface area contributed by atoms with Crippen LogP contribution in [0.3, 0.4) is 0 Å². The Hall–Kier alpha value is -1.13. The summed E-state index contributed by atoms with van der Waals surface area (Å²) in [5.41, 5.74) is 1.06. The first-order valence-electron chi connectivity index (χ1n) is 7.40. The number of rotatable bonds is 7. The number of nitrogens with zero attached hydrogens (tertiary/aromatic N) is 1. The van der Waals surface area contributed by atoms with E-state index in [1.165, 1.54) is 6.07 Å². The second kappa shape index (κ2) is 7.04. The van der Waals surface area contributed by atoms with Crippen molar-refractivity contribution in [3.05, 3.63) is 30.1 Å². The summed E-state index contributed by atoms with van der Waals surface area (Å²) < 4.78 is 18.9. The normalized spacial score (nSPS) is 22.1. The van der Waals surface area contributed by atoms with E-state index < -0.39 is 0 Å². The standard InChI is InChI=1S/C16H25FN2O/c1-3-8-18-11-16(7-9-20-13-16)12-19(2)15-6-4-5-14(17)10-15/h4-6,10,18H,3,7-9,11-13H2,1-2H3. The van der Waals surface area contributed by atoms with Gasteiger partial charge in [-0.3, -0.25) is 0 Å². The molecule has 3 nitrogen and oxygen atoms in total. The topological polar surface area (TPSA) is 24.5 Å². The van der Waals surface area contributed by atoms with Gasteiger partial charge in [-0.1, -0.05) is 13.0 Å². The molecule has 0 amide bonds. The fourth-order valence-electron chi connectivity index (χ4n) is 2.81. The van der Waals surface area contributed by atoms with Crippen LogP contribution in [0.2, 0.25) is 0 Å². The summed E-state index contributed by atoms with van der Waals surface area (Å²) in [6.07, 6.45) is 2.19. The highest BCUT2D eigenvalue weighted by Gasteiger charge is 2.35. The van der Waals surface area contributed by atoms with Gasteiger partial charge in [-0.15, -0.1) is 0 Å². The summed E-state index contributed by atoms with van der Waals surface area (Å²) >= 11 is 0. The van der Waals surface area contributed by atoms with E-state index in [1.807, 2.05) is 13.1 Å². The van der Waals surface area contributed by atoms with Crippen molar-refractivity contribution in [1.82, 2.24) is 5.32 Å². The van der Waals surface area contributed by atoms with Gasteiger partial charge in [0.05, 0.1) is 6.61 Å². The molecule has 20 heavy (non-hydrogen) atoms. The Bertz CT molecular complexity index is 419. The van der Waals surface area contributed by atoms with Crippen molar-refractivity contribution in [2.24, 2.45) is 5.41 Å². The minimum atomic E-state index is -0.185. The maximum atomic E-state index is 13.3. The Morgan fingerprint density at radius 2 is 2.30 bits per heavy atom. The first-order valence-corrected chi connectivity index (χ1v) is 7.40. The molecule has 0 spiro atoms. The van der Waals surface area contributed by atoms with Crippen molar-refractivity contribution in [1.29, 1.82) is 0 Å². The molecule has 1 aromatic rings. The summed E-state index contributed by atoms with van der Waals surface area (Å²) in [4.78, 5) is 2.13. The summed E-state index contributed by atoms with van der Waals surface area (Å²) in [7, 11) is 2.02. The second-order valence-electron chi connectivity index (χ2n) is 5.82. The highest BCUT2D eigenvalue weighted by atomic mass is 19.1. The molecule has 1 heterocycles. The predicted molar refractivity (Wildman–Crippen MR) is 80.7 cm³/mol. The van der Waals surface area contributed by atoms with Crippen LogP contribution in [0.1, 0.15) is 19.8 Å². The van der Waals surface area contributed by atoms with Crippen molar-refractivity contribution in [3.63, 3.8) is 0 Å². The summed E-state index contributed by atoms with van der Waals surface area (Å²) in [6.45, 7) is 6.65. The quantitative estimate of drug-likeness (QED) is 0.777. The van der Waals surface area contributed by atoms with Crippen LogP contribution < -0.4 is 10.2 Å². The number of hydrogen-bond acceptors (Lipinski definition) is 3. The molecule has 1 aliphatic heterocycles. The van der Waals surface area contributed by atoms with Crippen molar-refractivity contribution in [2.45, 2.75) is 19.8 Å². The van der Waals surface area contributed by atoms with Crippen LogP contribution in [-0.4, -0.2) is 39.9 Å². The lowest BCUT2D eigenvalue weighted by Crippen LogP contribution is -2.44. The van der Waals surface area contributed by atoms with Crippen LogP contribution in [0.15, 0.2) is 24.3 Å². The van der Waals surface area contributed by atoms with Gasteiger partial charge in [-0.2, -0.15) is 0 Å². The molecule has 0 saturated carbocycles.